The second-order valence-electron chi connectivity index (χ2n) is 11.4. The van der Waals surface area contributed by atoms with E-state index in [1.54, 1.807) is 0 Å². The fourth-order valence-corrected chi connectivity index (χ4v) is 7.57. The molecule has 2 saturated heterocycles. The molecule has 2 fully saturated rings. The van der Waals surface area contributed by atoms with E-state index in [1.807, 2.05) is 12.4 Å². The lowest BCUT2D eigenvalue weighted by molar-refractivity contribution is 0.186. The van der Waals surface area contributed by atoms with Crippen molar-refractivity contribution in [3.05, 3.63) is 93.9 Å². The summed E-state index contributed by atoms with van der Waals surface area (Å²) in [6.07, 6.45) is 7.47. The molecule has 2 aliphatic heterocycles. The number of amides is 2. The first-order valence-corrected chi connectivity index (χ1v) is 17.3. The molecule has 2 aromatic heterocycles. The number of methoxy groups -OCH3 is 2. The zero-order chi connectivity index (χ0) is 32.1. The summed E-state index contributed by atoms with van der Waals surface area (Å²) in [5.74, 6) is 1.34. The van der Waals surface area contributed by atoms with Crippen LogP contribution >= 0.6 is 22.7 Å². The number of hydrogen-bond acceptors (Lipinski definition) is 10. The highest BCUT2D eigenvalue weighted by atomic mass is 32.1. The second kappa shape index (κ2) is 17.2. The Kier molecular flexibility index (Phi) is 12.5. The van der Waals surface area contributed by atoms with Crippen LogP contribution in [0.15, 0.2) is 73.1 Å². The minimum absolute atomic E-state index is 0.477. The van der Waals surface area contributed by atoms with Gasteiger partial charge in [0.1, 0.15) is 0 Å². The van der Waals surface area contributed by atoms with E-state index in [2.05, 4.69) is 101 Å². The van der Waals surface area contributed by atoms with Crippen molar-refractivity contribution >= 4 is 45.1 Å². The van der Waals surface area contributed by atoms with Crippen molar-refractivity contribution in [2.75, 3.05) is 51.0 Å². The van der Waals surface area contributed by atoms with Crippen LogP contribution in [0.2, 0.25) is 0 Å². The van der Waals surface area contributed by atoms with Crippen LogP contribution in [0.4, 0.5) is 19.9 Å². The number of benzene rings is 2. The SMILES string of the molecule is COC(=O)Nc1ncc(CN2CCC(c3ccccc3)CC2)s1.COC(=O)Nc1ncc(CN2CCC(c3ccccc3)CC2)s1. The molecule has 0 radical (unpaired) electrons. The van der Waals surface area contributed by atoms with E-state index in [4.69, 9.17) is 0 Å². The molecule has 4 aromatic rings. The minimum Gasteiger partial charge on any atom is -0.453 e. The monoisotopic (exact) mass is 662 g/mol. The molecule has 0 spiro atoms. The van der Waals surface area contributed by atoms with E-state index in [0.717, 1.165) is 49.0 Å². The molecule has 2 amide bonds. The predicted molar refractivity (Wildman–Crippen MR) is 184 cm³/mol. The average molecular weight is 663 g/mol. The van der Waals surface area contributed by atoms with E-state index in [1.165, 1.54) is 73.7 Å². The van der Waals surface area contributed by atoms with Gasteiger partial charge in [0.25, 0.3) is 0 Å². The number of piperidine rings is 2. The fraction of sp³-hybridized carbons (Fsp3) is 0.412. The van der Waals surface area contributed by atoms with E-state index in [-0.39, 0.29) is 0 Å². The van der Waals surface area contributed by atoms with Crippen molar-refractivity contribution in [2.24, 2.45) is 0 Å². The molecule has 4 heterocycles. The Balaban J connectivity index is 0.000000181. The summed E-state index contributed by atoms with van der Waals surface area (Å²) >= 11 is 3.01. The molecular weight excluding hydrogens is 621 g/mol. The smallest absolute Gasteiger partial charge is 0.413 e. The third-order valence-electron chi connectivity index (χ3n) is 8.37. The summed E-state index contributed by atoms with van der Waals surface area (Å²) in [5.41, 5.74) is 2.91. The number of carbonyl (C=O) groups excluding carboxylic acids is 2. The molecule has 0 atom stereocenters. The number of ether oxygens (including phenoxy) is 2. The summed E-state index contributed by atoms with van der Waals surface area (Å²) in [5, 5.41) is 6.39. The van der Waals surface area contributed by atoms with Crippen LogP contribution in [-0.2, 0) is 22.6 Å². The number of thiazole rings is 2. The highest BCUT2D eigenvalue weighted by Crippen LogP contribution is 2.31. The van der Waals surface area contributed by atoms with Crippen LogP contribution in [0.5, 0.6) is 0 Å². The van der Waals surface area contributed by atoms with Gasteiger partial charge in [-0.2, -0.15) is 0 Å². The molecule has 2 N–H and O–H groups in total. The number of hydrogen-bond donors (Lipinski definition) is 2. The summed E-state index contributed by atoms with van der Waals surface area (Å²) in [6.45, 7) is 6.16. The van der Waals surface area contributed by atoms with Crippen molar-refractivity contribution in [3.8, 4) is 0 Å². The Morgan fingerprint density at radius 2 is 1.04 bits per heavy atom. The lowest BCUT2D eigenvalue weighted by Crippen LogP contribution is -2.32. The second-order valence-corrected chi connectivity index (χ2v) is 13.6. The van der Waals surface area contributed by atoms with Gasteiger partial charge in [-0.25, -0.2) is 19.6 Å². The number of rotatable bonds is 8. The van der Waals surface area contributed by atoms with Gasteiger partial charge >= 0.3 is 12.2 Å². The Morgan fingerprint density at radius 1 is 0.674 bits per heavy atom. The highest BCUT2D eigenvalue weighted by molar-refractivity contribution is 7.16. The van der Waals surface area contributed by atoms with Crippen molar-refractivity contribution in [3.63, 3.8) is 0 Å². The zero-order valence-corrected chi connectivity index (χ0v) is 28.0. The summed E-state index contributed by atoms with van der Waals surface area (Å²) in [4.78, 5) is 38.0. The normalized spacial score (nSPS) is 16.2. The van der Waals surface area contributed by atoms with E-state index >= 15 is 0 Å². The number of nitrogens with one attached hydrogen (secondary N) is 2. The van der Waals surface area contributed by atoms with Gasteiger partial charge in [0.15, 0.2) is 10.3 Å². The molecule has 0 bridgehead atoms. The molecule has 2 aliphatic rings. The van der Waals surface area contributed by atoms with Gasteiger partial charge in [-0.3, -0.25) is 20.4 Å². The van der Waals surface area contributed by atoms with Crippen molar-refractivity contribution < 1.29 is 19.1 Å². The van der Waals surface area contributed by atoms with Crippen molar-refractivity contribution in [1.82, 2.24) is 19.8 Å². The molecule has 0 aliphatic carbocycles. The van der Waals surface area contributed by atoms with Crippen LogP contribution in [0, 0.1) is 0 Å². The quantitative estimate of drug-likeness (QED) is 0.201. The molecule has 0 unspecified atom stereocenters. The van der Waals surface area contributed by atoms with Gasteiger partial charge in [0.2, 0.25) is 0 Å². The lowest BCUT2D eigenvalue weighted by Gasteiger charge is -2.31. The van der Waals surface area contributed by atoms with Crippen LogP contribution in [0.25, 0.3) is 0 Å². The van der Waals surface area contributed by atoms with Crippen LogP contribution in [0.3, 0.4) is 0 Å². The number of aromatic nitrogens is 2. The van der Waals surface area contributed by atoms with Gasteiger partial charge < -0.3 is 9.47 Å². The molecule has 244 valence electrons. The highest BCUT2D eigenvalue weighted by Gasteiger charge is 2.22. The third-order valence-corrected chi connectivity index (χ3v) is 10.2. The zero-order valence-electron chi connectivity index (χ0n) is 26.4. The summed E-state index contributed by atoms with van der Waals surface area (Å²) in [7, 11) is 2.70. The van der Waals surface area contributed by atoms with Crippen LogP contribution < -0.4 is 10.6 Å². The van der Waals surface area contributed by atoms with E-state index in [0.29, 0.717) is 22.1 Å². The van der Waals surface area contributed by atoms with Gasteiger partial charge in [-0.15, -0.1) is 22.7 Å². The topological polar surface area (TPSA) is 109 Å². The molecule has 10 nitrogen and oxygen atoms in total. The maximum absolute atomic E-state index is 11.2. The van der Waals surface area contributed by atoms with E-state index in [9.17, 15) is 9.59 Å². The van der Waals surface area contributed by atoms with E-state index < -0.39 is 12.2 Å². The average Bonchev–Trinajstić information content (AvgIpc) is 3.74. The van der Waals surface area contributed by atoms with Gasteiger partial charge in [-0.05, 0) is 74.8 Å². The van der Waals surface area contributed by atoms with Gasteiger partial charge in [0, 0.05) is 35.2 Å². The number of nitrogens with zero attached hydrogens (tertiary/aromatic N) is 4. The maximum Gasteiger partial charge on any atom is 0.413 e. The van der Waals surface area contributed by atoms with Gasteiger partial charge in [-0.1, -0.05) is 60.7 Å². The largest absolute Gasteiger partial charge is 0.453 e. The van der Waals surface area contributed by atoms with Gasteiger partial charge in [0.05, 0.1) is 14.2 Å². The summed E-state index contributed by atoms with van der Waals surface area (Å²) in [6, 6.07) is 21.5. The first kappa shape index (κ1) is 33.5. The standard InChI is InChI=1S/2C17H21N3O2S/c2*1-22-17(21)19-16-18-11-15(23-16)12-20-9-7-14(8-10-20)13-5-3-2-4-6-13/h2*2-6,11,14H,7-10,12H2,1H3,(H,18,19,21). The number of carbonyl (C=O) groups is 2. The molecule has 0 saturated carbocycles. The number of anilines is 2. The fourth-order valence-electron chi connectivity index (χ4n) is 5.89. The molecule has 2 aromatic carbocycles. The van der Waals surface area contributed by atoms with Crippen molar-refractivity contribution in [2.45, 2.75) is 50.6 Å². The minimum atomic E-state index is -0.477. The van der Waals surface area contributed by atoms with Crippen LogP contribution in [-0.4, -0.2) is 72.4 Å². The van der Waals surface area contributed by atoms with Crippen LogP contribution in [0.1, 0.15) is 58.4 Å². The first-order valence-electron chi connectivity index (χ1n) is 15.6. The molecule has 46 heavy (non-hydrogen) atoms. The summed E-state index contributed by atoms with van der Waals surface area (Å²) < 4.78 is 9.15. The first-order chi connectivity index (χ1) is 22.5. The number of likely N-dealkylation sites (tertiary alicyclic amines) is 2. The Bertz CT molecular complexity index is 1390. The van der Waals surface area contributed by atoms with Crippen molar-refractivity contribution in [1.29, 1.82) is 0 Å². The molecule has 6 rings (SSSR count). The Labute approximate surface area is 278 Å². The molecule has 12 heteroatoms. The lowest BCUT2D eigenvalue weighted by atomic mass is 9.89. The Morgan fingerprint density at radius 3 is 1.39 bits per heavy atom. The maximum atomic E-state index is 11.2. The predicted octanol–water partition coefficient (Wildman–Crippen LogP) is 7.40. The third kappa shape index (κ3) is 10.1. The Hall–Kier alpha value is -3.84. The molecular formula is C34H42N6O4S2.